The molecule has 2 heterocycles. The molecule has 1 fully saturated rings. The molecule has 1 saturated carbocycles. The summed E-state index contributed by atoms with van der Waals surface area (Å²) in [5, 5.41) is 0. The summed E-state index contributed by atoms with van der Waals surface area (Å²) < 4.78 is 87.2. The number of aliphatic imine (C=N–C) groups is 1. The van der Waals surface area contributed by atoms with Gasteiger partial charge in [0.25, 0.3) is 0 Å². The SMILES string of the molecule is CC12C=CC=NC1=C1C(=C3C=C(c4ccccc4)SC32C)C(F)(F)C(F)(F)C1(F)F. The van der Waals surface area contributed by atoms with Gasteiger partial charge in [0, 0.05) is 22.1 Å². The number of halogens is 6. The van der Waals surface area contributed by atoms with Gasteiger partial charge in [-0.1, -0.05) is 36.4 Å². The van der Waals surface area contributed by atoms with Crippen molar-refractivity contribution in [1.82, 2.24) is 0 Å². The lowest BCUT2D eigenvalue weighted by Gasteiger charge is -2.48. The molecule has 0 spiro atoms. The fourth-order valence-corrected chi connectivity index (χ4v) is 6.20. The number of dihydropyridines is 1. The standard InChI is InChI=1S/C22H15F6NS/c1-18-9-6-10-29-17(18)16-15(20(23,24)22(27,28)21(16,25)26)13-11-14(30-19(13,18)2)12-7-4-3-5-8-12/h3-11H,1-2H3. The number of alkyl halides is 6. The Bertz CT molecular complexity index is 1130. The Labute approximate surface area is 173 Å². The van der Waals surface area contributed by atoms with E-state index in [2.05, 4.69) is 4.99 Å². The quantitative estimate of drug-likeness (QED) is 0.446. The van der Waals surface area contributed by atoms with Crippen LogP contribution in [0.3, 0.4) is 0 Å². The van der Waals surface area contributed by atoms with Gasteiger partial charge in [-0.05, 0) is 37.1 Å². The van der Waals surface area contributed by atoms with Gasteiger partial charge in [0.05, 0.1) is 16.0 Å². The van der Waals surface area contributed by atoms with E-state index in [9.17, 15) is 26.3 Å². The molecule has 1 aromatic carbocycles. The Morgan fingerprint density at radius 1 is 0.867 bits per heavy atom. The van der Waals surface area contributed by atoms with Crippen LogP contribution in [-0.2, 0) is 0 Å². The van der Waals surface area contributed by atoms with E-state index in [1.165, 1.54) is 30.1 Å². The van der Waals surface area contributed by atoms with Crippen molar-refractivity contribution in [2.24, 2.45) is 10.4 Å². The molecule has 4 aliphatic rings. The average molecular weight is 439 g/mol. The van der Waals surface area contributed by atoms with Crippen LogP contribution in [0, 0.1) is 5.41 Å². The molecule has 0 amide bonds. The van der Waals surface area contributed by atoms with Crippen molar-refractivity contribution < 1.29 is 26.3 Å². The molecule has 5 rings (SSSR count). The van der Waals surface area contributed by atoms with Crippen LogP contribution < -0.4 is 0 Å². The van der Waals surface area contributed by atoms with E-state index in [1.54, 1.807) is 50.3 Å². The van der Waals surface area contributed by atoms with Crippen LogP contribution in [0.25, 0.3) is 4.91 Å². The van der Waals surface area contributed by atoms with E-state index in [-0.39, 0.29) is 5.57 Å². The monoisotopic (exact) mass is 439 g/mol. The Kier molecular flexibility index (Phi) is 3.63. The highest BCUT2D eigenvalue weighted by Crippen LogP contribution is 2.73. The molecule has 2 atom stereocenters. The second-order valence-electron chi connectivity index (χ2n) is 8.09. The molecule has 0 saturated heterocycles. The first kappa shape index (κ1) is 19.7. The van der Waals surface area contributed by atoms with E-state index in [0.717, 1.165) is 0 Å². The highest BCUT2D eigenvalue weighted by Gasteiger charge is 2.84. The van der Waals surface area contributed by atoms with Gasteiger partial charge in [0.1, 0.15) is 0 Å². The number of allylic oxidation sites excluding steroid dienone is 5. The summed E-state index contributed by atoms with van der Waals surface area (Å²) in [5.41, 5.74) is -3.86. The normalized spacial score (nSPS) is 34.6. The topological polar surface area (TPSA) is 12.4 Å². The van der Waals surface area contributed by atoms with Crippen molar-refractivity contribution >= 4 is 22.9 Å². The van der Waals surface area contributed by atoms with Gasteiger partial charge in [-0.25, -0.2) is 0 Å². The van der Waals surface area contributed by atoms with Gasteiger partial charge < -0.3 is 0 Å². The van der Waals surface area contributed by atoms with Crippen LogP contribution >= 0.6 is 11.8 Å². The number of hydrogen-bond donors (Lipinski definition) is 0. The number of nitrogens with zero attached hydrogens (tertiary/aromatic N) is 1. The Hall–Kier alpha value is -2.22. The molecular formula is C22H15F6NS. The van der Waals surface area contributed by atoms with Gasteiger partial charge in [-0.15, -0.1) is 11.8 Å². The molecular weight excluding hydrogens is 424 g/mol. The summed E-state index contributed by atoms with van der Waals surface area (Å²) in [6.07, 6.45) is 5.64. The van der Waals surface area contributed by atoms with Gasteiger partial charge in [0.2, 0.25) is 0 Å². The maximum absolute atomic E-state index is 14.9. The summed E-state index contributed by atoms with van der Waals surface area (Å²) >= 11 is 1.21. The molecule has 1 aromatic rings. The molecule has 2 unspecified atom stereocenters. The molecule has 30 heavy (non-hydrogen) atoms. The van der Waals surface area contributed by atoms with Crippen LogP contribution in [-0.4, -0.2) is 28.7 Å². The van der Waals surface area contributed by atoms with E-state index < -0.39 is 44.8 Å². The number of fused-ring (bicyclic) bond motifs is 4. The summed E-state index contributed by atoms with van der Waals surface area (Å²) in [6.45, 7) is 3.21. The molecule has 2 aliphatic heterocycles. The third-order valence-corrected chi connectivity index (χ3v) is 8.16. The lowest BCUT2D eigenvalue weighted by molar-refractivity contribution is -0.258. The molecule has 0 aromatic heterocycles. The Balaban J connectivity index is 1.90. The van der Waals surface area contributed by atoms with Crippen molar-refractivity contribution in [2.45, 2.75) is 36.4 Å². The second-order valence-corrected chi connectivity index (χ2v) is 9.55. The predicted molar refractivity (Wildman–Crippen MR) is 105 cm³/mol. The Morgan fingerprint density at radius 3 is 2.17 bits per heavy atom. The van der Waals surface area contributed by atoms with Crippen molar-refractivity contribution in [3.05, 3.63) is 76.5 Å². The zero-order valence-corrected chi connectivity index (χ0v) is 16.6. The predicted octanol–water partition coefficient (Wildman–Crippen LogP) is 6.66. The van der Waals surface area contributed by atoms with E-state index in [1.807, 2.05) is 0 Å². The first-order chi connectivity index (χ1) is 13.9. The van der Waals surface area contributed by atoms with Crippen molar-refractivity contribution in [3.63, 3.8) is 0 Å². The van der Waals surface area contributed by atoms with Crippen molar-refractivity contribution in [1.29, 1.82) is 0 Å². The van der Waals surface area contributed by atoms with Crippen LogP contribution in [0.1, 0.15) is 19.4 Å². The van der Waals surface area contributed by atoms with E-state index >= 15 is 0 Å². The lowest BCUT2D eigenvalue weighted by atomic mass is 9.63. The molecule has 1 nitrogen and oxygen atoms in total. The first-order valence-electron chi connectivity index (χ1n) is 9.22. The minimum Gasteiger partial charge on any atom is -0.260 e. The van der Waals surface area contributed by atoms with Gasteiger partial charge in [-0.3, -0.25) is 4.99 Å². The lowest BCUT2D eigenvalue weighted by Crippen LogP contribution is -2.47. The molecule has 156 valence electrons. The van der Waals surface area contributed by atoms with Gasteiger partial charge in [-0.2, -0.15) is 26.3 Å². The third kappa shape index (κ3) is 1.96. The smallest absolute Gasteiger partial charge is 0.260 e. The maximum atomic E-state index is 14.9. The largest absolute Gasteiger partial charge is 0.380 e. The summed E-state index contributed by atoms with van der Waals surface area (Å²) in [5.74, 6) is -15.6. The Morgan fingerprint density at radius 2 is 1.50 bits per heavy atom. The zero-order chi connectivity index (χ0) is 21.7. The number of rotatable bonds is 1. The fourth-order valence-electron chi connectivity index (χ4n) is 4.69. The van der Waals surface area contributed by atoms with Gasteiger partial charge >= 0.3 is 17.8 Å². The van der Waals surface area contributed by atoms with E-state index in [0.29, 0.717) is 10.5 Å². The van der Waals surface area contributed by atoms with Crippen LogP contribution in [0.2, 0.25) is 0 Å². The van der Waals surface area contributed by atoms with Crippen molar-refractivity contribution in [3.8, 4) is 0 Å². The summed E-state index contributed by atoms with van der Waals surface area (Å²) in [4.78, 5) is 4.50. The molecule has 0 N–H and O–H groups in total. The van der Waals surface area contributed by atoms with Crippen LogP contribution in [0.15, 0.2) is 76.0 Å². The molecule has 0 radical (unpaired) electrons. The molecule has 8 heteroatoms. The van der Waals surface area contributed by atoms with Crippen LogP contribution in [0.5, 0.6) is 0 Å². The third-order valence-electron chi connectivity index (χ3n) is 6.54. The number of hydrogen-bond acceptors (Lipinski definition) is 2. The minimum atomic E-state index is -5.55. The van der Waals surface area contributed by atoms with Crippen LogP contribution in [0.4, 0.5) is 26.3 Å². The van der Waals surface area contributed by atoms with Crippen molar-refractivity contribution in [2.75, 3.05) is 0 Å². The van der Waals surface area contributed by atoms with E-state index in [4.69, 9.17) is 0 Å². The highest BCUT2D eigenvalue weighted by atomic mass is 32.2. The van der Waals surface area contributed by atoms with Gasteiger partial charge in [0.15, 0.2) is 0 Å². The molecule has 0 bridgehead atoms. The summed E-state index contributed by atoms with van der Waals surface area (Å²) in [7, 11) is 0. The summed E-state index contributed by atoms with van der Waals surface area (Å²) in [6, 6.07) is 8.81. The maximum Gasteiger partial charge on any atom is 0.380 e. The zero-order valence-electron chi connectivity index (χ0n) is 15.8. The average Bonchev–Trinajstić information content (AvgIpc) is 3.10. The minimum absolute atomic E-state index is 0.198. The second kappa shape index (κ2) is 5.52. The fraction of sp³-hybridized carbons (Fsp3) is 0.318. The highest BCUT2D eigenvalue weighted by molar-refractivity contribution is 8.10. The first-order valence-corrected chi connectivity index (χ1v) is 10.0. The number of thioether (sulfide) groups is 1. The number of benzene rings is 1. The molecule has 2 aliphatic carbocycles.